The molecule has 0 aromatic heterocycles. The maximum absolute atomic E-state index is 11.4. The second-order valence-electron chi connectivity index (χ2n) is 3.93. The Balaban J connectivity index is 2.12. The highest BCUT2D eigenvalue weighted by Crippen LogP contribution is 1.97. The zero-order valence-electron chi connectivity index (χ0n) is 9.72. The van der Waals surface area contributed by atoms with E-state index in [1.54, 1.807) is 0 Å². The van der Waals surface area contributed by atoms with Gasteiger partial charge in [-0.1, -0.05) is 12.2 Å². The molecule has 0 aromatic rings. The Labute approximate surface area is 108 Å². The van der Waals surface area contributed by atoms with Crippen molar-refractivity contribution in [3.63, 3.8) is 0 Å². The first-order chi connectivity index (χ1) is 7.99. The van der Waals surface area contributed by atoms with Crippen LogP contribution in [-0.4, -0.2) is 63.5 Å². The molecule has 8 heteroatoms. The molecule has 1 aliphatic rings. The summed E-state index contributed by atoms with van der Waals surface area (Å²) >= 11 is 4.56. The van der Waals surface area contributed by atoms with Gasteiger partial charge >= 0.3 is 0 Å². The molecule has 0 unspecified atom stereocenters. The van der Waals surface area contributed by atoms with Crippen LogP contribution in [0.25, 0.3) is 0 Å². The monoisotopic (exact) mass is 281 g/mol. The second kappa shape index (κ2) is 7.22. The summed E-state index contributed by atoms with van der Waals surface area (Å²) in [7, 11) is -3.34. The number of thiocarbonyl (C=S) groups is 1. The van der Waals surface area contributed by atoms with Crippen molar-refractivity contribution in [1.82, 2.24) is 9.62 Å². The number of nitrogens with one attached hydrogen (secondary N) is 1. The molecular formula is C9H19N3O3S2. The third kappa shape index (κ3) is 6.89. The van der Waals surface area contributed by atoms with Gasteiger partial charge in [0.25, 0.3) is 0 Å². The SMILES string of the molecule is NC(=S)CS(=O)(=O)NCCCN1CCOCC1. The molecule has 0 aromatic carbocycles. The summed E-state index contributed by atoms with van der Waals surface area (Å²) < 4.78 is 30.5. The van der Waals surface area contributed by atoms with E-state index < -0.39 is 10.0 Å². The van der Waals surface area contributed by atoms with Crippen molar-refractivity contribution in [2.45, 2.75) is 6.42 Å². The lowest BCUT2D eigenvalue weighted by Gasteiger charge is -2.26. The summed E-state index contributed by atoms with van der Waals surface area (Å²) in [5.41, 5.74) is 5.19. The maximum atomic E-state index is 11.4. The summed E-state index contributed by atoms with van der Waals surface area (Å²) in [6, 6.07) is 0. The highest BCUT2D eigenvalue weighted by atomic mass is 32.2. The van der Waals surface area contributed by atoms with E-state index >= 15 is 0 Å². The molecule has 100 valence electrons. The van der Waals surface area contributed by atoms with E-state index in [0.29, 0.717) is 6.54 Å². The number of hydrogen-bond donors (Lipinski definition) is 2. The lowest BCUT2D eigenvalue weighted by Crippen LogP contribution is -2.38. The first-order valence-corrected chi connectivity index (χ1v) is 7.61. The van der Waals surface area contributed by atoms with Gasteiger partial charge in [0.15, 0.2) is 0 Å². The Bertz CT molecular complexity index is 339. The number of nitrogens with two attached hydrogens (primary N) is 1. The predicted octanol–water partition coefficient (Wildman–Crippen LogP) is -1.09. The van der Waals surface area contributed by atoms with Crippen molar-refractivity contribution in [3.05, 3.63) is 0 Å². The fraction of sp³-hybridized carbons (Fsp3) is 0.889. The van der Waals surface area contributed by atoms with Gasteiger partial charge in [-0.2, -0.15) is 0 Å². The quantitative estimate of drug-likeness (QED) is 0.456. The molecule has 1 heterocycles. The first-order valence-electron chi connectivity index (χ1n) is 5.55. The first kappa shape index (κ1) is 14.8. The molecule has 0 radical (unpaired) electrons. The Hall–Kier alpha value is -0.280. The Kier molecular flexibility index (Phi) is 6.28. The second-order valence-corrected chi connectivity index (χ2v) is 6.26. The minimum absolute atomic E-state index is 0.00863. The third-order valence-electron chi connectivity index (χ3n) is 2.41. The third-order valence-corrected chi connectivity index (χ3v) is 4.07. The summed E-state index contributed by atoms with van der Waals surface area (Å²) in [6.45, 7) is 4.64. The lowest BCUT2D eigenvalue weighted by atomic mass is 10.3. The van der Waals surface area contributed by atoms with E-state index in [4.69, 9.17) is 10.5 Å². The molecular weight excluding hydrogens is 262 g/mol. The average Bonchev–Trinajstić information content (AvgIpc) is 2.24. The van der Waals surface area contributed by atoms with Crippen LogP contribution in [0.3, 0.4) is 0 Å². The molecule has 1 aliphatic heterocycles. The molecule has 1 saturated heterocycles. The van der Waals surface area contributed by atoms with Crippen LogP contribution < -0.4 is 10.5 Å². The molecule has 0 aliphatic carbocycles. The molecule has 0 atom stereocenters. The van der Waals surface area contributed by atoms with Crippen LogP contribution in [-0.2, 0) is 14.8 Å². The zero-order valence-corrected chi connectivity index (χ0v) is 11.4. The highest BCUT2D eigenvalue weighted by molar-refractivity contribution is 7.92. The Morgan fingerprint density at radius 3 is 2.65 bits per heavy atom. The van der Waals surface area contributed by atoms with Crippen LogP contribution in [0.15, 0.2) is 0 Å². The molecule has 1 rings (SSSR count). The van der Waals surface area contributed by atoms with Crippen LogP contribution in [0, 0.1) is 0 Å². The number of hydrogen-bond acceptors (Lipinski definition) is 5. The minimum atomic E-state index is -3.34. The smallest absolute Gasteiger partial charge is 0.218 e. The van der Waals surface area contributed by atoms with Gasteiger partial charge in [0.2, 0.25) is 10.0 Å². The molecule has 17 heavy (non-hydrogen) atoms. The Morgan fingerprint density at radius 2 is 2.06 bits per heavy atom. The summed E-state index contributed by atoms with van der Waals surface area (Å²) in [6.07, 6.45) is 0.774. The standard InChI is InChI=1S/C9H19N3O3S2/c10-9(16)8-17(13,14)11-2-1-3-12-4-6-15-7-5-12/h11H,1-8H2,(H2,10,16). The van der Waals surface area contributed by atoms with Crippen LogP contribution >= 0.6 is 12.2 Å². The number of morpholine rings is 1. The van der Waals surface area contributed by atoms with E-state index in [-0.39, 0.29) is 10.7 Å². The molecule has 3 N–H and O–H groups in total. The van der Waals surface area contributed by atoms with Crippen LogP contribution in [0.2, 0.25) is 0 Å². The van der Waals surface area contributed by atoms with E-state index in [2.05, 4.69) is 21.8 Å². The van der Waals surface area contributed by atoms with Gasteiger partial charge < -0.3 is 10.5 Å². The highest BCUT2D eigenvalue weighted by Gasteiger charge is 2.12. The predicted molar refractivity (Wildman–Crippen MR) is 70.5 cm³/mol. The molecule has 0 amide bonds. The van der Waals surface area contributed by atoms with Gasteiger partial charge in [-0.15, -0.1) is 0 Å². The largest absolute Gasteiger partial charge is 0.392 e. The van der Waals surface area contributed by atoms with E-state index in [1.165, 1.54) is 0 Å². The molecule has 0 bridgehead atoms. The van der Waals surface area contributed by atoms with Crippen LogP contribution in [0.1, 0.15) is 6.42 Å². The fourth-order valence-electron chi connectivity index (χ4n) is 1.59. The molecule has 0 spiro atoms. The normalized spacial score (nSPS) is 18.1. The number of rotatable bonds is 7. The summed E-state index contributed by atoms with van der Waals surface area (Å²) in [4.78, 5) is 2.25. The van der Waals surface area contributed by atoms with Gasteiger partial charge in [-0.25, -0.2) is 13.1 Å². The van der Waals surface area contributed by atoms with Gasteiger partial charge in [-0.3, -0.25) is 4.90 Å². The van der Waals surface area contributed by atoms with E-state index in [9.17, 15) is 8.42 Å². The number of sulfonamides is 1. The van der Waals surface area contributed by atoms with E-state index in [0.717, 1.165) is 39.3 Å². The van der Waals surface area contributed by atoms with Crippen LogP contribution in [0.5, 0.6) is 0 Å². The van der Waals surface area contributed by atoms with E-state index in [1.807, 2.05) is 0 Å². The fourth-order valence-corrected chi connectivity index (χ4v) is 2.99. The van der Waals surface area contributed by atoms with Crippen molar-refractivity contribution >= 4 is 27.2 Å². The van der Waals surface area contributed by atoms with Crippen molar-refractivity contribution in [2.75, 3.05) is 45.1 Å². The van der Waals surface area contributed by atoms with Crippen molar-refractivity contribution in [1.29, 1.82) is 0 Å². The molecule has 0 saturated carbocycles. The molecule has 1 fully saturated rings. The minimum Gasteiger partial charge on any atom is -0.392 e. The zero-order chi connectivity index (χ0) is 12.7. The van der Waals surface area contributed by atoms with Gasteiger partial charge in [0.1, 0.15) is 5.75 Å². The molecule has 6 nitrogen and oxygen atoms in total. The summed E-state index contributed by atoms with van der Waals surface area (Å²) in [5, 5.41) is 0. The maximum Gasteiger partial charge on any atom is 0.218 e. The van der Waals surface area contributed by atoms with Crippen molar-refractivity contribution in [3.8, 4) is 0 Å². The average molecular weight is 281 g/mol. The van der Waals surface area contributed by atoms with Gasteiger partial charge in [-0.05, 0) is 13.0 Å². The van der Waals surface area contributed by atoms with Crippen molar-refractivity contribution < 1.29 is 13.2 Å². The summed E-state index contributed by atoms with van der Waals surface area (Å²) in [5.74, 6) is -0.278. The van der Waals surface area contributed by atoms with Crippen LogP contribution in [0.4, 0.5) is 0 Å². The van der Waals surface area contributed by atoms with Gasteiger partial charge in [0.05, 0.1) is 18.2 Å². The lowest BCUT2D eigenvalue weighted by molar-refractivity contribution is 0.0376. The topological polar surface area (TPSA) is 84.7 Å². The Morgan fingerprint density at radius 1 is 1.41 bits per heavy atom. The van der Waals surface area contributed by atoms with Crippen molar-refractivity contribution in [2.24, 2.45) is 5.73 Å². The number of nitrogens with zero attached hydrogens (tertiary/aromatic N) is 1. The number of ether oxygens (including phenoxy) is 1. The van der Waals surface area contributed by atoms with Gasteiger partial charge in [0, 0.05) is 19.6 Å².